The average molecular weight is 213 g/mol. The van der Waals surface area contributed by atoms with Crippen molar-refractivity contribution in [2.24, 2.45) is 5.92 Å². The summed E-state index contributed by atoms with van der Waals surface area (Å²) >= 11 is 0. The van der Waals surface area contributed by atoms with Crippen LogP contribution in [0.5, 0.6) is 0 Å². The Morgan fingerprint density at radius 1 is 1.33 bits per heavy atom. The number of unbranched alkanes of at least 4 members (excludes halogenated alkanes) is 2. The third kappa shape index (κ3) is 5.53. The van der Waals surface area contributed by atoms with Crippen LogP contribution < -0.4 is 5.32 Å². The normalized spacial score (nSPS) is 20.2. The molecule has 0 aromatic carbocycles. The minimum Gasteiger partial charge on any atom is -0.383 e. The van der Waals surface area contributed by atoms with Gasteiger partial charge in [-0.1, -0.05) is 26.2 Å². The fourth-order valence-corrected chi connectivity index (χ4v) is 2.15. The summed E-state index contributed by atoms with van der Waals surface area (Å²) in [6, 6.07) is 1.25. The fourth-order valence-electron chi connectivity index (χ4n) is 2.15. The van der Waals surface area contributed by atoms with E-state index in [0.717, 1.165) is 12.5 Å². The lowest BCUT2D eigenvalue weighted by Crippen LogP contribution is -2.41. The number of hydrogen-bond donors (Lipinski definition) is 1. The Morgan fingerprint density at radius 2 is 2.07 bits per heavy atom. The number of ether oxygens (including phenoxy) is 1. The van der Waals surface area contributed by atoms with Crippen LogP contribution in [0.1, 0.15) is 52.4 Å². The highest BCUT2D eigenvalue weighted by Gasteiger charge is 2.31. The zero-order chi connectivity index (χ0) is 11.1. The second-order valence-corrected chi connectivity index (χ2v) is 4.96. The molecule has 0 aliphatic heterocycles. The molecule has 2 nitrogen and oxygen atoms in total. The molecule has 0 saturated heterocycles. The van der Waals surface area contributed by atoms with Crippen molar-refractivity contribution in [1.82, 2.24) is 5.32 Å². The van der Waals surface area contributed by atoms with Gasteiger partial charge in [-0.3, -0.25) is 0 Å². The van der Waals surface area contributed by atoms with E-state index >= 15 is 0 Å². The fraction of sp³-hybridized carbons (Fsp3) is 1.00. The highest BCUT2D eigenvalue weighted by molar-refractivity contribution is 4.87. The summed E-state index contributed by atoms with van der Waals surface area (Å²) in [5.74, 6) is 0.888. The molecular formula is C13H27NO. The highest BCUT2D eigenvalue weighted by atomic mass is 16.5. The molecule has 1 N–H and O–H groups in total. The van der Waals surface area contributed by atoms with Gasteiger partial charge in [0.05, 0.1) is 6.61 Å². The van der Waals surface area contributed by atoms with E-state index in [1.165, 1.54) is 38.5 Å². The van der Waals surface area contributed by atoms with Crippen LogP contribution in [0.3, 0.4) is 0 Å². The predicted octanol–water partition coefficient (Wildman–Crippen LogP) is 2.97. The van der Waals surface area contributed by atoms with Gasteiger partial charge in [0.2, 0.25) is 0 Å². The van der Waals surface area contributed by atoms with Crippen molar-refractivity contribution in [3.8, 4) is 0 Å². The van der Waals surface area contributed by atoms with Crippen LogP contribution >= 0.6 is 0 Å². The van der Waals surface area contributed by atoms with Crippen LogP contribution in [0.2, 0.25) is 0 Å². The summed E-state index contributed by atoms with van der Waals surface area (Å²) < 4.78 is 5.27. The largest absolute Gasteiger partial charge is 0.383 e. The molecule has 0 heterocycles. The maximum atomic E-state index is 5.27. The molecule has 1 saturated carbocycles. The summed E-state index contributed by atoms with van der Waals surface area (Å²) in [6.45, 7) is 5.44. The van der Waals surface area contributed by atoms with E-state index in [4.69, 9.17) is 4.74 Å². The second-order valence-electron chi connectivity index (χ2n) is 4.96. The third-order valence-corrected chi connectivity index (χ3v) is 3.28. The summed E-state index contributed by atoms with van der Waals surface area (Å²) in [5, 5.41) is 3.71. The monoisotopic (exact) mass is 213 g/mol. The van der Waals surface area contributed by atoms with E-state index in [9.17, 15) is 0 Å². The van der Waals surface area contributed by atoms with Gasteiger partial charge in [-0.05, 0) is 32.1 Å². The molecule has 1 rings (SSSR count). The van der Waals surface area contributed by atoms with Crippen molar-refractivity contribution in [3.63, 3.8) is 0 Å². The molecule has 0 bridgehead atoms. The van der Waals surface area contributed by atoms with E-state index in [1.807, 2.05) is 0 Å². The van der Waals surface area contributed by atoms with Crippen molar-refractivity contribution < 1.29 is 4.74 Å². The molecule has 1 aliphatic rings. The van der Waals surface area contributed by atoms with Gasteiger partial charge in [-0.15, -0.1) is 0 Å². The van der Waals surface area contributed by atoms with Crippen molar-refractivity contribution in [3.05, 3.63) is 0 Å². The number of nitrogens with one attached hydrogen (secondary N) is 1. The Morgan fingerprint density at radius 3 is 2.60 bits per heavy atom. The lowest BCUT2D eigenvalue weighted by molar-refractivity contribution is 0.151. The van der Waals surface area contributed by atoms with Gasteiger partial charge in [0, 0.05) is 19.2 Å². The molecule has 1 aliphatic carbocycles. The van der Waals surface area contributed by atoms with Crippen molar-refractivity contribution in [2.45, 2.75) is 64.5 Å². The van der Waals surface area contributed by atoms with E-state index in [2.05, 4.69) is 19.2 Å². The van der Waals surface area contributed by atoms with Crippen LogP contribution in [0.25, 0.3) is 0 Å². The van der Waals surface area contributed by atoms with E-state index in [1.54, 1.807) is 7.11 Å². The zero-order valence-corrected chi connectivity index (χ0v) is 10.6. The number of hydrogen-bond acceptors (Lipinski definition) is 2. The SMILES string of the molecule is CCCCCC(C)NC(COC)C1CC1. The Hall–Kier alpha value is -0.0800. The quantitative estimate of drug-likeness (QED) is 0.595. The van der Waals surface area contributed by atoms with Crippen molar-refractivity contribution in [1.29, 1.82) is 0 Å². The summed E-state index contributed by atoms with van der Waals surface area (Å²) in [4.78, 5) is 0. The molecule has 0 amide bonds. The van der Waals surface area contributed by atoms with E-state index in [0.29, 0.717) is 12.1 Å². The van der Waals surface area contributed by atoms with Crippen LogP contribution in [0, 0.1) is 5.92 Å². The van der Waals surface area contributed by atoms with Gasteiger partial charge in [0.15, 0.2) is 0 Å². The number of rotatable bonds is 9. The Kier molecular flexibility index (Phi) is 6.26. The Balaban J connectivity index is 2.12. The van der Waals surface area contributed by atoms with Crippen LogP contribution in [0.15, 0.2) is 0 Å². The first-order valence-electron chi connectivity index (χ1n) is 6.53. The maximum absolute atomic E-state index is 5.27. The molecule has 0 radical (unpaired) electrons. The lowest BCUT2D eigenvalue weighted by atomic mass is 10.1. The third-order valence-electron chi connectivity index (χ3n) is 3.28. The second kappa shape index (κ2) is 7.24. The standard InChI is InChI=1S/C13H27NO/c1-4-5-6-7-11(2)14-13(10-15-3)12-8-9-12/h11-14H,4-10H2,1-3H3. The summed E-state index contributed by atoms with van der Waals surface area (Å²) in [6.07, 6.45) is 8.13. The minimum atomic E-state index is 0.603. The molecule has 1 fully saturated rings. The van der Waals surface area contributed by atoms with Gasteiger partial charge < -0.3 is 10.1 Å². The van der Waals surface area contributed by atoms with E-state index < -0.39 is 0 Å². The molecule has 2 atom stereocenters. The maximum Gasteiger partial charge on any atom is 0.0618 e. The van der Waals surface area contributed by atoms with E-state index in [-0.39, 0.29) is 0 Å². The molecule has 0 spiro atoms. The molecule has 0 aromatic heterocycles. The molecule has 90 valence electrons. The van der Waals surface area contributed by atoms with Crippen LogP contribution in [0.4, 0.5) is 0 Å². The first kappa shape index (κ1) is 13.0. The molecular weight excluding hydrogens is 186 g/mol. The Bertz CT molecular complexity index is 157. The molecule has 0 aromatic rings. The topological polar surface area (TPSA) is 21.3 Å². The zero-order valence-electron chi connectivity index (χ0n) is 10.6. The average Bonchev–Trinajstić information content (AvgIpc) is 3.01. The van der Waals surface area contributed by atoms with Gasteiger partial charge in [0.1, 0.15) is 0 Å². The summed E-state index contributed by atoms with van der Waals surface area (Å²) in [5.41, 5.74) is 0. The van der Waals surface area contributed by atoms with Crippen molar-refractivity contribution in [2.75, 3.05) is 13.7 Å². The van der Waals surface area contributed by atoms with Crippen molar-refractivity contribution >= 4 is 0 Å². The smallest absolute Gasteiger partial charge is 0.0618 e. The summed E-state index contributed by atoms with van der Waals surface area (Å²) in [7, 11) is 1.80. The van der Waals surface area contributed by atoms with Gasteiger partial charge in [-0.2, -0.15) is 0 Å². The lowest BCUT2D eigenvalue weighted by Gasteiger charge is -2.22. The molecule has 2 heteroatoms. The Labute approximate surface area is 94.8 Å². The van der Waals surface area contributed by atoms with Gasteiger partial charge >= 0.3 is 0 Å². The van der Waals surface area contributed by atoms with Crippen LogP contribution in [-0.2, 0) is 4.74 Å². The predicted molar refractivity (Wildman–Crippen MR) is 65.1 cm³/mol. The minimum absolute atomic E-state index is 0.603. The molecule has 2 unspecified atom stereocenters. The van der Waals surface area contributed by atoms with Gasteiger partial charge in [-0.25, -0.2) is 0 Å². The molecule has 15 heavy (non-hydrogen) atoms. The first-order valence-corrected chi connectivity index (χ1v) is 6.53. The van der Waals surface area contributed by atoms with Gasteiger partial charge in [0.25, 0.3) is 0 Å². The first-order chi connectivity index (χ1) is 7.27. The van der Waals surface area contributed by atoms with Crippen LogP contribution in [-0.4, -0.2) is 25.8 Å². The number of methoxy groups -OCH3 is 1. The highest BCUT2D eigenvalue weighted by Crippen LogP contribution is 2.33.